The van der Waals surface area contributed by atoms with Crippen molar-refractivity contribution in [2.75, 3.05) is 56.3 Å². The van der Waals surface area contributed by atoms with Crippen LogP contribution in [0, 0.1) is 20.8 Å². The summed E-state index contributed by atoms with van der Waals surface area (Å²) in [7, 11) is 0. The zero-order valence-electron chi connectivity index (χ0n) is 36.0. The molecule has 6 amide bonds. The highest BCUT2D eigenvalue weighted by atomic mass is 16.5. The van der Waals surface area contributed by atoms with Crippen LogP contribution in [0.4, 0.5) is 11.4 Å². The molecule has 1 aromatic heterocycles. The van der Waals surface area contributed by atoms with Crippen molar-refractivity contribution >= 4 is 46.8 Å². The first-order valence-corrected chi connectivity index (χ1v) is 21.4. The Morgan fingerprint density at radius 2 is 1.60 bits per heavy atom. The SMILES string of the molecule is CCN(c1cc(-c2ccc(C(=O)NCCOCCNc3cccc4c3C(=O)N(C3CCC(=O)NC3=O)C4=O)cc2)cc(C(=O)NCc2c(C)cc(C)[nH]c2=O)c1C)C1CCOCC1. The van der Waals surface area contributed by atoms with Crippen LogP contribution in [0.5, 0.6) is 0 Å². The quantitative estimate of drug-likeness (QED) is 0.0799. The Hall–Kier alpha value is -6.65. The monoisotopic (exact) mass is 859 g/mol. The van der Waals surface area contributed by atoms with E-state index in [-0.39, 0.29) is 73.7 Å². The average Bonchev–Trinajstić information content (AvgIpc) is 3.52. The number of carbonyl (C=O) groups is 6. The van der Waals surface area contributed by atoms with E-state index in [0.29, 0.717) is 42.1 Å². The number of imide groups is 2. The minimum absolute atomic E-state index is 0.0371. The van der Waals surface area contributed by atoms with E-state index in [1.807, 2.05) is 45.0 Å². The lowest BCUT2D eigenvalue weighted by atomic mass is 9.94. The van der Waals surface area contributed by atoms with Gasteiger partial charge >= 0.3 is 0 Å². The number of hydrogen-bond acceptors (Lipinski definition) is 11. The number of rotatable bonds is 16. The molecule has 0 aliphatic carbocycles. The number of piperidine rings is 1. The summed E-state index contributed by atoms with van der Waals surface area (Å²) >= 11 is 0. The van der Waals surface area contributed by atoms with E-state index in [1.54, 1.807) is 24.3 Å². The van der Waals surface area contributed by atoms with Gasteiger partial charge < -0.3 is 35.3 Å². The van der Waals surface area contributed by atoms with Crippen LogP contribution in [0.25, 0.3) is 11.1 Å². The number of fused-ring (bicyclic) bond motifs is 1. The van der Waals surface area contributed by atoms with Crippen LogP contribution < -0.4 is 31.7 Å². The number of amides is 6. The van der Waals surface area contributed by atoms with Crippen molar-refractivity contribution in [2.24, 2.45) is 0 Å². The summed E-state index contributed by atoms with van der Waals surface area (Å²) in [4.78, 5) is 96.4. The molecule has 2 fully saturated rings. The Bertz CT molecular complexity index is 2490. The largest absolute Gasteiger partial charge is 0.382 e. The highest BCUT2D eigenvalue weighted by molar-refractivity contribution is 6.25. The predicted molar refractivity (Wildman–Crippen MR) is 236 cm³/mol. The summed E-state index contributed by atoms with van der Waals surface area (Å²) in [6, 6.07) is 17.1. The maximum Gasteiger partial charge on any atom is 0.264 e. The van der Waals surface area contributed by atoms with Gasteiger partial charge in [0.15, 0.2) is 0 Å². The topological polar surface area (TPSA) is 208 Å². The fourth-order valence-electron chi connectivity index (χ4n) is 8.56. The first-order valence-electron chi connectivity index (χ1n) is 21.4. The number of nitrogens with one attached hydrogen (secondary N) is 5. The molecule has 3 aliphatic heterocycles. The van der Waals surface area contributed by atoms with Crippen molar-refractivity contribution in [1.82, 2.24) is 25.8 Å². The summed E-state index contributed by atoms with van der Waals surface area (Å²) in [6.07, 6.45) is 1.85. The molecule has 5 N–H and O–H groups in total. The molecule has 7 rings (SSSR count). The molecule has 1 unspecified atom stereocenters. The molecule has 63 heavy (non-hydrogen) atoms. The Morgan fingerprint density at radius 1 is 0.857 bits per heavy atom. The molecule has 16 heteroatoms. The highest BCUT2D eigenvalue weighted by Gasteiger charge is 2.45. The van der Waals surface area contributed by atoms with Gasteiger partial charge in [-0.05, 0) is 112 Å². The van der Waals surface area contributed by atoms with Gasteiger partial charge in [-0.15, -0.1) is 0 Å². The smallest absolute Gasteiger partial charge is 0.264 e. The number of nitrogens with zero attached hydrogens (tertiary/aromatic N) is 2. The number of aromatic nitrogens is 1. The molecule has 4 aromatic rings. The maximum absolute atomic E-state index is 13.9. The number of H-pyrrole nitrogens is 1. The third-order valence-corrected chi connectivity index (χ3v) is 11.9. The Morgan fingerprint density at radius 3 is 2.32 bits per heavy atom. The minimum atomic E-state index is -1.05. The second-order valence-corrected chi connectivity index (χ2v) is 16.0. The Labute approximate surface area is 365 Å². The van der Waals surface area contributed by atoms with E-state index < -0.39 is 29.7 Å². The first kappa shape index (κ1) is 44.4. The number of carbonyl (C=O) groups excluding carboxylic acids is 6. The number of aromatic amines is 1. The molecule has 3 aliphatic rings. The second kappa shape index (κ2) is 19.6. The van der Waals surface area contributed by atoms with Crippen LogP contribution in [0.3, 0.4) is 0 Å². The standard InChI is InChI=1S/C47H53N7O9/c1-5-53(33-15-19-62-20-16-33)39-25-32(24-35(29(39)4)43(57)50-26-36-27(2)23-28(3)51-44(36)58)30-9-11-31(12-10-30)42(56)49-18-22-63-21-17-48-37-8-6-7-34-41(37)47(61)54(46(34)60)38-13-14-40(55)52-45(38)59/h6-12,23-25,33,38,48H,5,13-22,26H2,1-4H3,(H,49,56)(H,50,57)(H,51,58)(H,52,55,59). The third kappa shape index (κ3) is 9.71. The van der Waals surface area contributed by atoms with Gasteiger partial charge in [0.1, 0.15) is 6.04 Å². The molecule has 0 bridgehead atoms. The van der Waals surface area contributed by atoms with Gasteiger partial charge in [0.05, 0.1) is 24.3 Å². The van der Waals surface area contributed by atoms with Crippen LogP contribution in [-0.4, -0.2) is 103 Å². The lowest BCUT2D eigenvalue weighted by molar-refractivity contribution is -0.136. The molecular weight excluding hydrogens is 807 g/mol. The van der Waals surface area contributed by atoms with Crippen LogP contribution in [0.1, 0.15) is 96.4 Å². The summed E-state index contributed by atoms with van der Waals surface area (Å²) in [5, 5.41) is 11.2. The summed E-state index contributed by atoms with van der Waals surface area (Å²) in [5.74, 6) is -2.86. The molecule has 1 atom stereocenters. The van der Waals surface area contributed by atoms with E-state index in [2.05, 4.69) is 44.1 Å². The van der Waals surface area contributed by atoms with Gasteiger partial charge in [-0.25, -0.2) is 0 Å². The van der Waals surface area contributed by atoms with Gasteiger partial charge in [-0.1, -0.05) is 18.2 Å². The van der Waals surface area contributed by atoms with Crippen molar-refractivity contribution < 1.29 is 38.2 Å². The van der Waals surface area contributed by atoms with Crippen molar-refractivity contribution in [3.63, 3.8) is 0 Å². The molecule has 330 valence electrons. The Balaban J connectivity index is 0.954. The molecule has 0 saturated carbocycles. The zero-order valence-corrected chi connectivity index (χ0v) is 36.0. The molecule has 0 radical (unpaired) electrons. The maximum atomic E-state index is 13.9. The van der Waals surface area contributed by atoms with E-state index in [1.165, 1.54) is 6.07 Å². The minimum Gasteiger partial charge on any atom is -0.382 e. The number of anilines is 2. The summed E-state index contributed by atoms with van der Waals surface area (Å²) in [5.41, 5.74) is 6.98. The number of pyridine rings is 1. The molecular formula is C47H53N7O9. The molecule has 0 spiro atoms. The summed E-state index contributed by atoms with van der Waals surface area (Å²) in [6.45, 7) is 10.9. The lowest BCUT2D eigenvalue weighted by Gasteiger charge is -2.37. The Kier molecular flexibility index (Phi) is 13.8. The van der Waals surface area contributed by atoms with E-state index >= 15 is 0 Å². The van der Waals surface area contributed by atoms with Gasteiger partial charge in [0.25, 0.3) is 29.2 Å². The number of aryl methyl sites for hydroxylation is 2. The van der Waals surface area contributed by atoms with Crippen molar-refractivity contribution in [3.8, 4) is 11.1 Å². The van der Waals surface area contributed by atoms with Crippen LogP contribution >= 0.6 is 0 Å². The number of hydrogen-bond donors (Lipinski definition) is 5. The zero-order chi connectivity index (χ0) is 44.8. The van der Waals surface area contributed by atoms with Gasteiger partial charge in [0, 0.05) is 85.6 Å². The third-order valence-electron chi connectivity index (χ3n) is 11.9. The number of benzene rings is 3. The molecule has 4 heterocycles. The fraction of sp³-hybridized carbons (Fsp3) is 0.383. The number of ether oxygens (including phenoxy) is 2. The van der Waals surface area contributed by atoms with Crippen LogP contribution in [0.15, 0.2) is 65.5 Å². The van der Waals surface area contributed by atoms with E-state index in [0.717, 1.165) is 57.9 Å². The normalized spacial score (nSPS) is 16.4. The highest BCUT2D eigenvalue weighted by Crippen LogP contribution is 2.35. The van der Waals surface area contributed by atoms with Crippen molar-refractivity contribution in [3.05, 3.63) is 116 Å². The van der Waals surface area contributed by atoms with Gasteiger partial charge in [-0.2, -0.15) is 0 Å². The molecule has 2 saturated heterocycles. The van der Waals surface area contributed by atoms with E-state index in [9.17, 15) is 33.6 Å². The van der Waals surface area contributed by atoms with Gasteiger partial charge in [0.2, 0.25) is 11.8 Å². The second-order valence-electron chi connectivity index (χ2n) is 16.0. The van der Waals surface area contributed by atoms with Crippen LogP contribution in [0.2, 0.25) is 0 Å². The summed E-state index contributed by atoms with van der Waals surface area (Å²) < 4.78 is 11.4. The average molecular weight is 860 g/mol. The van der Waals surface area contributed by atoms with Crippen molar-refractivity contribution in [1.29, 1.82) is 0 Å². The fourth-order valence-corrected chi connectivity index (χ4v) is 8.56. The van der Waals surface area contributed by atoms with Crippen LogP contribution in [-0.2, 0) is 25.6 Å². The molecule has 3 aromatic carbocycles. The molecule has 16 nitrogen and oxygen atoms in total. The van der Waals surface area contributed by atoms with Crippen molar-refractivity contribution in [2.45, 2.75) is 72.0 Å². The predicted octanol–water partition coefficient (Wildman–Crippen LogP) is 4.16. The lowest BCUT2D eigenvalue weighted by Crippen LogP contribution is -2.54. The van der Waals surface area contributed by atoms with E-state index in [4.69, 9.17) is 9.47 Å². The first-order chi connectivity index (χ1) is 30.4. The van der Waals surface area contributed by atoms with Gasteiger partial charge in [-0.3, -0.25) is 43.8 Å².